The summed E-state index contributed by atoms with van der Waals surface area (Å²) in [5.74, 6) is 0. The molecule has 0 unspecified atom stereocenters. The van der Waals surface area contributed by atoms with Crippen LogP contribution >= 0.6 is 11.3 Å². The second kappa shape index (κ2) is 11.7. The van der Waals surface area contributed by atoms with Crippen LogP contribution < -0.4 is 4.90 Å². The molecule has 1 aromatic heterocycles. The van der Waals surface area contributed by atoms with Gasteiger partial charge in [0.2, 0.25) is 0 Å². The Balaban J connectivity index is 1.19. The molecule has 0 fully saturated rings. The summed E-state index contributed by atoms with van der Waals surface area (Å²) in [6.45, 7) is 0. The second-order valence-corrected chi connectivity index (χ2v) is 14.0. The highest BCUT2D eigenvalue weighted by Gasteiger charge is 2.20. The fourth-order valence-electron chi connectivity index (χ4n) is 7.63. The third-order valence-corrected chi connectivity index (χ3v) is 11.2. The van der Waals surface area contributed by atoms with Crippen LogP contribution in [0.1, 0.15) is 0 Å². The topological polar surface area (TPSA) is 3.24 Å². The van der Waals surface area contributed by atoms with Crippen LogP contribution in [0.25, 0.3) is 74.7 Å². The van der Waals surface area contributed by atoms with Crippen LogP contribution in [-0.4, -0.2) is 0 Å². The molecular formula is C48H31NS. The van der Waals surface area contributed by atoms with Crippen LogP contribution in [-0.2, 0) is 0 Å². The average Bonchev–Trinajstić information content (AvgIpc) is 3.56. The van der Waals surface area contributed by atoms with Crippen molar-refractivity contribution in [2.24, 2.45) is 0 Å². The molecule has 0 amide bonds. The minimum atomic E-state index is 1.12. The van der Waals surface area contributed by atoms with E-state index >= 15 is 0 Å². The van der Waals surface area contributed by atoms with E-state index in [0.29, 0.717) is 0 Å². The number of nitrogens with zero attached hydrogens (tertiary/aromatic N) is 1. The van der Waals surface area contributed by atoms with Crippen LogP contribution in [0.4, 0.5) is 17.1 Å². The van der Waals surface area contributed by atoms with Crippen molar-refractivity contribution < 1.29 is 0 Å². The minimum Gasteiger partial charge on any atom is -0.310 e. The maximum Gasteiger partial charge on any atom is 0.0540 e. The van der Waals surface area contributed by atoms with Gasteiger partial charge in [0.1, 0.15) is 0 Å². The molecule has 2 heteroatoms. The number of para-hydroxylation sites is 1. The highest BCUT2D eigenvalue weighted by Crippen LogP contribution is 2.46. The van der Waals surface area contributed by atoms with Crippen LogP contribution in [0, 0.1) is 0 Å². The van der Waals surface area contributed by atoms with E-state index < -0.39 is 0 Å². The van der Waals surface area contributed by atoms with Gasteiger partial charge in [0.05, 0.1) is 5.69 Å². The maximum atomic E-state index is 2.44. The predicted octanol–water partition coefficient (Wildman–Crippen LogP) is 14.3. The zero-order valence-corrected chi connectivity index (χ0v) is 28.1. The molecule has 10 aromatic rings. The first kappa shape index (κ1) is 28.8. The SMILES string of the molecule is c1ccc(N(c2ccc(-c3ccc4ccccc4c3)cc2)c2ccc3sc4ccccc4c3c2)c(-c2cc3ccccc3c3ccccc23)c1. The number of thiophene rings is 1. The number of fused-ring (bicyclic) bond motifs is 7. The van der Waals surface area contributed by atoms with E-state index in [1.807, 2.05) is 11.3 Å². The number of hydrogen-bond donors (Lipinski definition) is 0. The Kier molecular flexibility index (Phi) is 6.75. The van der Waals surface area contributed by atoms with Gasteiger partial charge in [0.15, 0.2) is 0 Å². The number of hydrogen-bond acceptors (Lipinski definition) is 2. The first-order chi connectivity index (χ1) is 24.8. The molecule has 0 bridgehead atoms. The Labute approximate surface area is 294 Å². The van der Waals surface area contributed by atoms with Crippen molar-refractivity contribution in [3.8, 4) is 22.3 Å². The molecule has 1 nitrogen and oxygen atoms in total. The Hall–Kier alpha value is -6.22. The van der Waals surface area contributed by atoms with E-state index in [1.165, 1.54) is 74.7 Å². The molecule has 50 heavy (non-hydrogen) atoms. The third kappa shape index (κ3) is 4.76. The Bertz CT molecular complexity index is 2880. The second-order valence-electron chi connectivity index (χ2n) is 12.9. The first-order valence-corrected chi connectivity index (χ1v) is 17.9. The van der Waals surface area contributed by atoms with Crippen LogP contribution in [0.3, 0.4) is 0 Å². The number of rotatable bonds is 5. The molecule has 0 saturated heterocycles. The number of anilines is 3. The van der Waals surface area contributed by atoms with Gasteiger partial charge in [-0.1, -0.05) is 133 Å². The summed E-state index contributed by atoms with van der Waals surface area (Å²) >= 11 is 1.86. The lowest BCUT2D eigenvalue weighted by Crippen LogP contribution is -2.11. The third-order valence-electron chi connectivity index (χ3n) is 10.0. The summed E-state index contributed by atoms with van der Waals surface area (Å²) in [6.07, 6.45) is 0. The lowest BCUT2D eigenvalue weighted by atomic mass is 9.92. The van der Waals surface area contributed by atoms with Gasteiger partial charge < -0.3 is 4.90 Å². The van der Waals surface area contributed by atoms with Crippen molar-refractivity contribution in [2.75, 3.05) is 4.90 Å². The zero-order valence-electron chi connectivity index (χ0n) is 27.3. The molecule has 0 aliphatic carbocycles. The molecule has 234 valence electrons. The van der Waals surface area contributed by atoms with E-state index in [0.717, 1.165) is 17.1 Å². The van der Waals surface area contributed by atoms with Gasteiger partial charge in [-0.25, -0.2) is 0 Å². The summed E-state index contributed by atoms with van der Waals surface area (Å²) in [5.41, 5.74) is 8.25. The normalized spacial score (nSPS) is 11.6. The fraction of sp³-hybridized carbons (Fsp3) is 0. The van der Waals surface area contributed by atoms with Crippen molar-refractivity contribution in [3.05, 3.63) is 188 Å². The van der Waals surface area contributed by atoms with Crippen molar-refractivity contribution >= 4 is 80.9 Å². The van der Waals surface area contributed by atoms with Gasteiger partial charge in [-0.15, -0.1) is 11.3 Å². The molecular weight excluding hydrogens is 623 g/mol. The highest BCUT2D eigenvalue weighted by atomic mass is 32.1. The summed E-state index contributed by atoms with van der Waals surface area (Å²) in [4.78, 5) is 2.44. The van der Waals surface area contributed by atoms with Gasteiger partial charge >= 0.3 is 0 Å². The van der Waals surface area contributed by atoms with Crippen LogP contribution in [0.2, 0.25) is 0 Å². The predicted molar refractivity (Wildman–Crippen MR) is 217 cm³/mol. The summed E-state index contributed by atoms with van der Waals surface area (Å²) in [7, 11) is 0. The van der Waals surface area contributed by atoms with E-state index in [4.69, 9.17) is 0 Å². The van der Waals surface area contributed by atoms with E-state index in [2.05, 4.69) is 193 Å². The average molecular weight is 654 g/mol. The van der Waals surface area contributed by atoms with Crippen LogP contribution in [0.15, 0.2) is 188 Å². The molecule has 0 N–H and O–H groups in total. The maximum absolute atomic E-state index is 2.44. The Morgan fingerprint density at radius 1 is 0.320 bits per heavy atom. The minimum absolute atomic E-state index is 1.12. The smallest absolute Gasteiger partial charge is 0.0540 e. The van der Waals surface area contributed by atoms with Crippen molar-refractivity contribution in [1.82, 2.24) is 0 Å². The molecule has 0 radical (unpaired) electrons. The van der Waals surface area contributed by atoms with Gasteiger partial charge in [-0.05, 0) is 104 Å². The molecule has 0 spiro atoms. The van der Waals surface area contributed by atoms with E-state index in [-0.39, 0.29) is 0 Å². The monoisotopic (exact) mass is 653 g/mol. The van der Waals surface area contributed by atoms with Gasteiger partial charge in [0, 0.05) is 37.1 Å². The van der Waals surface area contributed by atoms with Crippen molar-refractivity contribution in [2.45, 2.75) is 0 Å². The standard InChI is InChI=1S/C48H31NS/c1-2-12-34-29-35(22-21-32(34)11-1)33-23-25-37(26-24-33)49(38-27-28-48-45(31-38)43-18-8-10-20-47(43)50-48)46-19-9-7-17-42(46)44-30-36-13-3-4-14-39(36)40-15-5-6-16-41(40)44/h1-31H. The molecule has 9 aromatic carbocycles. The van der Waals surface area contributed by atoms with E-state index in [1.54, 1.807) is 0 Å². The van der Waals surface area contributed by atoms with Gasteiger partial charge in [0.25, 0.3) is 0 Å². The lowest BCUT2D eigenvalue weighted by molar-refractivity contribution is 1.29. The Morgan fingerprint density at radius 3 is 1.80 bits per heavy atom. The van der Waals surface area contributed by atoms with Gasteiger partial charge in [-0.2, -0.15) is 0 Å². The molecule has 10 rings (SSSR count). The van der Waals surface area contributed by atoms with Crippen molar-refractivity contribution in [1.29, 1.82) is 0 Å². The van der Waals surface area contributed by atoms with Gasteiger partial charge in [-0.3, -0.25) is 0 Å². The van der Waals surface area contributed by atoms with Crippen LogP contribution in [0.5, 0.6) is 0 Å². The molecule has 1 heterocycles. The van der Waals surface area contributed by atoms with E-state index in [9.17, 15) is 0 Å². The number of benzene rings is 9. The lowest BCUT2D eigenvalue weighted by Gasteiger charge is -2.28. The quantitative estimate of drug-likeness (QED) is 0.167. The summed E-state index contributed by atoms with van der Waals surface area (Å²) in [5, 5.41) is 10.1. The fourth-order valence-corrected chi connectivity index (χ4v) is 8.71. The molecule has 0 aliphatic rings. The highest BCUT2D eigenvalue weighted by molar-refractivity contribution is 7.25. The molecule has 0 atom stereocenters. The zero-order chi connectivity index (χ0) is 33.0. The largest absolute Gasteiger partial charge is 0.310 e. The molecule has 0 aliphatic heterocycles. The first-order valence-electron chi connectivity index (χ1n) is 17.1. The van der Waals surface area contributed by atoms with Crippen molar-refractivity contribution in [3.63, 3.8) is 0 Å². The Morgan fingerprint density at radius 2 is 0.940 bits per heavy atom. The summed E-state index contributed by atoms with van der Waals surface area (Å²) in [6, 6.07) is 68.9. The summed E-state index contributed by atoms with van der Waals surface area (Å²) < 4.78 is 2.62. The molecule has 0 saturated carbocycles.